The molecule has 0 unspecified atom stereocenters. The average molecular weight is 469 g/mol. The minimum Gasteiger partial charge on any atom is -0.393 e. The second-order valence-corrected chi connectivity index (χ2v) is 11.5. The average Bonchev–Trinajstić information content (AvgIpc) is 3.17. The van der Waals surface area contributed by atoms with Crippen molar-refractivity contribution in [3.63, 3.8) is 0 Å². The van der Waals surface area contributed by atoms with Crippen molar-refractivity contribution in [1.82, 2.24) is 0 Å². The molecule has 0 spiro atoms. The Hall–Kier alpha value is -1.42. The minimum absolute atomic E-state index is 0.323. The fourth-order valence-electron chi connectivity index (χ4n) is 6.89. The molecule has 3 aliphatic carbocycles. The molecule has 190 valence electrons. The quantitative estimate of drug-likeness (QED) is 0.343. The maximum Gasteiger partial charge on any atom is 0.0811 e. The molecule has 0 bridgehead atoms. The van der Waals surface area contributed by atoms with Crippen LogP contribution >= 0.6 is 0 Å². The number of rotatable bonds is 8. The third-order valence-electron chi connectivity index (χ3n) is 9.41. The van der Waals surface area contributed by atoms with Crippen LogP contribution in [0.1, 0.15) is 91.9 Å². The molecular weight excluding hydrogens is 420 g/mol. The number of fused-ring (bicyclic) bond motifs is 1. The monoisotopic (exact) mass is 468 g/mol. The van der Waals surface area contributed by atoms with Crippen LogP contribution in [-0.2, 0) is 0 Å². The van der Waals surface area contributed by atoms with E-state index in [2.05, 4.69) is 56.9 Å². The van der Waals surface area contributed by atoms with Gasteiger partial charge >= 0.3 is 0 Å². The molecule has 0 heterocycles. The van der Waals surface area contributed by atoms with Crippen LogP contribution in [0.3, 0.4) is 0 Å². The first-order valence-corrected chi connectivity index (χ1v) is 13.6. The van der Waals surface area contributed by atoms with E-state index in [9.17, 15) is 15.3 Å². The van der Waals surface area contributed by atoms with Crippen molar-refractivity contribution in [2.24, 2.45) is 23.2 Å². The van der Waals surface area contributed by atoms with E-state index in [0.29, 0.717) is 42.4 Å². The SMILES string of the molecule is C=C1/C(=C/C=C2\CCC[C@]3(C)[C@@H]([C@H](C)/C=C/C=C/CC(O)(CC)CC)CC[C@@H]23)C[C@@H](O)C[C@@H]1O. The smallest absolute Gasteiger partial charge is 0.0811 e. The Bertz CT molecular complexity index is 828. The van der Waals surface area contributed by atoms with E-state index in [1.807, 2.05) is 13.8 Å². The van der Waals surface area contributed by atoms with Crippen LogP contribution in [0.5, 0.6) is 0 Å². The molecule has 3 N–H and O–H groups in total. The van der Waals surface area contributed by atoms with Gasteiger partial charge in [-0.05, 0) is 92.1 Å². The predicted octanol–water partition coefficient (Wildman–Crippen LogP) is 6.82. The summed E-state index contributed by atoms with van der Waals surface area (Å²) in [6.45, 7) is 13.0. The second kappa shape index (κ2) is 11.5. The Kier molecular flexibility index (Phi) is 9.23. The van der Waals surface area contributed by atoms with Crippen LogP contribution in [0, 0.1) is 23.2 Å². The van der Waals surface area contributed by atoms with Crippen molar-refractivity contribution in [2.75, 3.05) is 0 Å². The van der Waals surface area contributed by atoms with Gasteiger partial charge in [0.25, 0.3) is 0 Å². The molecule has 3 nitrogen and oxygen atoms in total. The second-order valence-electron chi connectivity index (χ2n) is 11.5. The summed E-state index contributed by atoms with van der Waals surface area (Å²) in [4.78, 5) is 0. The van der Waals surface area contributed by atoms with E-state index < -0.39 is 17.8 Å². The maximum absolute atomic E-state index is 10.5. The molecule has 0 radical (unpaired) electrons. The topological polar surface area (TPSA) is 60.7 Å². The standard InChI is InChI=1S/C31H48O3/c1-6-31(34,7-2)19-10-8-9-12-22(3)27-16-17-28-24(13-11-18-30(27,28)5)14-15-25-20-26(32)21-29(33)23(25)4/h8-10,12,14-15,22,26-29,32-34H,4,6-7,11,13,16-21H2,1-3,5H3/b10-8+,12-9+,24-14+,25-15+/t22-,26-,27-,28+,29+,30-/m1/s1. The molecule has 0 saturated heterocycles. The van der Waals surface area contributed by atoms with E-state index >= 15 is 0 Å². The van der Waals surface area contributed by atoms with Crippen LogP contribution in [0.15, 0.2) is 59.8 Å². The maximum atomic E-state index is 10.5. The lowest BCUT2D eigenvalue weighted by Crippen LogP contribution is -2.35. The Balaban J connectivity index is 1.67. The first-order chi connectivity index (χ1) is 16.1. The number of allylic oxidation sites excluding steroid dienone is 6. The molecular formula is C31H48O3. The summed E-state index contributed by atoms with van der Waals surface area (Å²) in [5, 5.41) is 30.7. The van der Waals surface area contributed by atoms with E-state index in [0.717, 1.165) is 30.4 Å². The highest BCUT2D eigenvalue weighted by atomic mass is 16.3. The molecule has 3 rings (SSSR count). The molecule has 0 aromatic carbocycles. The fourth-order valence-corrected chi connectivity index (χ4v) is 6.89. The van der Waals surface area contributed by atoms with E-state index in [-0.39, 0.29) is 0 Å². The zero-order valence-corrected chi connectivity index (χ0v) is 22.0. The lowest BCUT2D eigenvalue weighted by molar-refractivity contribution is 0.0353. The number of hydrogen-bond donors (Lipinski definition) is 3. The van der Waals surface area contributed by atoms with Crippen molar-refractivity contribution >= 4 is 0 Å². The van der Waals surface area contributed by atoms with Gasteiger partial charge in [-0.3, -0.25) is 0 Å². The lowest BCUT2D eigenvalue weighted by atomic mass is 9.61. The third-order valence-corrected chi connectivity index (χ3v) is 9.41. The first kappa shape index (κ1) is 27.2. The van der Waals surface area contributed by atoms with Crippen molar-refractivity contribution in [2.45, 2.75) is 110 Å². The van der Waals surface area contributed by atoms with Gasteiger partial charge in [-0.1, -0.05) is 76.3 Å². The Morgan fingerprint density at radius 1 is 1.15 bits per heavy atom. The molecule has 6 atom stereocenters. The molecule has 0 amide bonds. The van der Waals surface area contributed by atoms with Crippen molar-refractivity contribution in [3.8, 4) is 0 Å². The van der Waals surface area contributed by atoms with Crippen LogP contribution < -0.4 is 0 Å². The minimum atomic E-state index is -0.625. The van der Waals surface area contributed by atoms with Gasteiger partial charge in [-0.25, -0.2) is 0 Å². The lowest BCUT2D eigenvalue weighted by Gasteiger charge is -2.44. The highest BCUT2D eigenvalue weighted by Crippen LogP contribution is 2.59. The third kappa shape index (κ3) is 6.04. The van der Waals surface area contributed by atoms with E-state index in [1.165, 1.54) is 25.7 Å². The summed E-state index contributed by atoms with van der Waals surface area (Å²) < 4.78 is 0. The number of hydrogen-bond acceptors (Lipinski definition) is 3. The summed E-state index contributed by atoms with van der Waals surface area (Å²) in [6.07, 6.45) is 21.5. The Morgan fingerprint density at radius 3 is 2.59 bits per heavy atom. The largest absolute Gasteiger partial charge is 0.393 e. The Labute approximate surface area is 208 Å². The predicted molar refractivity (Wildman–Crippen MR) is 142 cm³/mol. The van der Waals surface area contributed by atoms with Gasteiger partial charge in [-0.15, -0.1) is 0 Å². The zero-order chi connectivity index (χ0) is 24.9. The molecule has 0 aromatic rings. The van der Waals surface area contributed by atoms with Gasteiger partial charge in [0.15, 0.2) is 0 Å². The molecule has 3 fully saturated rings. The number of aliphatic hydroxyl groups is 3. The fraction of sp³-hybridized carbons (Fsp3) is 0.677. The van der Waals surface area contributed by atoms with Crippen LogP contribution in [0.2, 0.25) is 0 Å². The molecule has 3 heteroatoms. The van der Waals surface area contributed by atoms with Gasteiger partial charge in [0.1, 0.15) is 0 Å². The van der Waals surface area contributed by atoms with Crippen molar-refractivity contribution in [3.05, 3.63) is 59.8 Å². The number of aliphatic hydroxyl groups excluding tert-OH is 2. The molecule has 34 heavy (non-hydrogen) atoms. The Morgan fingerprint density at radius 2 is 1.88 bits per heavy atom. The molecule has 0 aliphatic heterocycles. The summed E-state index contributed by atoms with van der Waals surface area (Å²) in [6, 6.07) is 0. The summed E-state index contributed by atoms with van der Waals surface area (Å²) >= 11 is 0. The molecule has 3 aliphatic rings. The summed E-state index contributed by atoms with van der Waals surface area (Å²) in [7, 11) is 0. The summed E-state index contributed by atoms with van der Waals surface area (Å²) in [5.74, 6) is 1.82. The van der Waals surface area contributed by atoms with Gasteiger partial charge in [0.2, 0.25) is 0 Å². The van der Waals surface area contributed by atoms with Crippen molar-refractivity contribution in [1.29, 1.82) is 0 Å². The van der Waals surface area contributed by atoms with E-state index in [4.69, 9.17) is 0 Å². The van der Waals surface area contributed by atoms with Crippen molar-refractivity contribution < 1.29 is 15.3 Å². The highest BCUT2D eigenvalue weighted by Gasteiger charge is 2.50. The molecule has 3 saturated carbocycles. The van der Waals surface area contributed by atoms with Gasteiger partial charge in [0.05, 0.1) is 17.8 Å². The first-order valence-electron chi connectivity index (χ1n) is 13.6. The zero-order valence-electron chi connectivity index (χ0n) is 22.0. The highest BCUT2D eigenvalue weighted by molar-refractivity contribution is 5.38. The molecule has 0 aromatic heterocycles. The van der Waals surface area contributed by atoms with Crippen LogP contribution in [0.25, 0.3) is 0 Å². The van der Waals surface area contributed by atoms with Gasteiger partial charge in [-0.2, -0.15) is 0 Å². The van der Waals surface area contributed by atoms with Gasteiger partial charge in [0, 0.05) is 6.42 Å². The van der Waals surface area contributed by atoms with E-state index in [1.54, 1.807) is 5.57 Å². The normalized spacial score (nSPS) is 36.1. The summed E-state index contributed by atoms with van der Waals surface area (Å²) in [5.41, 5.74) is 3.07. The van der Waals surface area contributed by atoms with Crippen LogP contribution in [-0.4, -0.2) is 33.1 Å². The van der Waals surface area contributed by atoms with Crippen LogP contribution in [0.4, 0.5) is 0 Å². The van der Waals surface area contributed by atoms with Gasteiger partial charge < -0.3 is 15.3 Å².